The SMILES string of the molecule is O=C(C1CCCc2nn(Cc3ccc(C(F)(F)F)c(Cl)c3)c(=O)n21)N1CCC(F)(F)C1. The molecule has 1 amide bonds. The lowest BCUT2D eigenvalue weighted by Gasteiger charge is -2.27. The zero-order valence-electron chi connectivity index (χ0n) is 16.1. The molecule has 2 aliphatic rings. The van der Waals surface area contributed by atoms with Crippen LogP contribution < -0.4 is 5.69 Å². The zero-order valence-corrected chi connectivity index (χ0v) is 16.9. The fourth-order valence-electron chi connectivity index (χ4n) is 4.06. The van der Waals surface area contributed by atoms with Gasteiger partial charge in [-0.15, -0.1) is 0 Å². The highest BCUT2D eigenvalue weighted by molar-refractivity contribution is 6.31. The molecule has 1 saturated heterocycles. The third-order valence-corrected chi connectivity index (χ3v) is 5.88. The van der Waals surface area contributed by atoms with Crippen LogP contribution in [0.4, 0.5) is 22.0 Å². The zero-order chi connectivity index (χ0) is 22.6. The summed E-state index contributed by atoms with van der Waals surface area (Å²) >= 11 is 5.74. The predicted octanol–water partition coefficient (Wildman–Crippen LogP) is 3.51. The number of fused-ring (bicyclic) bond motifs is 1. The summed E-state index contributed by atoms with van der Waals surface area (Å²) in [6, 6.07) is 2.23. The molecule has 1 aromatic carbocycles. The Morgan fingerprint density at radius 1 is 1.29 bits per heavy atom. The molecular weight excluding hydrogens is 447 g/mol. The molecule has 0 saturated carbocycles. The molecule has 6 nitrogen and oxygen atoms in total. The first kappa shape index (κ1) is 21.8. The van der Waals surface area contributed by atoms with Gasteiger partial charge in [0.25, 0.3) is 5.92 Å². The molecule has 1 unspecified atom stereocenters. The van der Waals surface area contributed by atoms with Gasteiger partial charge in [-0.3, -0.25) is 9.36 Å². The van der Waals surface area contributed by atoms with E-state index in [2.05, 4.69) is 5.10 Å². The average molecular weight is 465 g/mol. The number of nitrogens with zero attached hydrogens (tertiary/aromatic N) is 4. The standard InChI is InChI=1S/C19H18ClF5N4O2/c20-13-8-11(4-5-12(13)19(23,24)25)9-28-17(31)29-14(2-1-3-15(29)26-28)16(30)27-7-6-18(21,22)10-27/h4-5,8,14H,1-3,6-7,9-10H2. The van der Waals surface area contributed by atoms with Crippen molar-refractivity contribution in [2.75, 3.05) is 13.1 Å². The number of likely N-dealkylation sites (tertiary alicyclic amines) is 1. The predicted molar refractivity (Wildman–Crippen MR) is 100 cm³/mol. The monoisotopic (exact) mass is 464 g/mol. The van der Waals surface area contributed by atoms with Crippen LogP contribution in [0.25, 0.3) is 0 Å². The Kier molecular flexibility index (Phi) is 5.35. The topological polar surface area (TPSA) is 60.1 Å². The number of aromatic nitrogens is 3. The van der Waals surface area contributed by atoms with E-state index in [0.29, 0.717) is 30.7 Å². The Labute approximate surface area is 178 Å². The van der Waals surface area contributed by atoms with E-state index in [1.54, 1.807) is 0 Å². The summed E-state index contributed by atoms with van der Waals surface area (Å²) in [5.74, 6) is -3.14. The number of carbonyl (C=O) groups is 1. The quantitative estimate of drug-likeness (QED) is 0.653. The van der Waals surface area contributed by atoms with Crippen molar-refractivity contribution in [3.05, 3.63) is 50.7 Å². The van der Waals surface area contributed by atoms with Crippen molar-refractivity contribution in [1.29, 1.82) is 0 Å². The van der Waals surface area contributed by atoms with Crippen molar-refractivity contribution in [2.45, 2.75) is 50.4 Å². The smallest absolute Gasteiger partial charge is 0.335 e. The molecule has 2 aromatic rings. The third-order valence-electron chi connectivity index (χ3n) is 5.57. The van der Waals surface area contributed by atoms with E-state index in [1.165, 1.54) is 10.6 Å². The summed E-state index contributed by atoms with van der Waals surface area (Å²) in [6.07, 6.45) is -3.70. The van der Waals surface area contributed by atoms with Gasteiger partial charge < -0.3 is 4.90 Å². The third kappa shape index (κ3) is 4.19. The van der Waals surface area contributed by atoms with Gasteiger partial charge in [0.1, 0.15) is 11.9 Å². The van der Waals surface area contributed by atoms with Gasteiger partial charge in [0.05, 0.1) is 23.7 Å². The van der Waals surface area contributed by atoms with E-state index in [9.17, 15) is 31.5 Å². The normalized spacial score (nSPS) is 20.7. The minimum Gasteiger partial charge on any atom is -0.335 e. The summed E-state index contributed by atoms with van der Waals surface area (Å²) < 4.78 is 68.0. The molecule has 0 N–H and O–H groups in total. The lowest BCUT2D eigenvalue weighted by atomic mass is 10.0. The molecule has 2 aliphatic heterocycles. The Balaban J connectivity index is 1.60. The van der Waals surface area contributed by atoms with Gasteiger partial charge >= 0.3 is 11.9 Å². The Morgan fingerprint density at radius 2 is 2.03 bits per heavy atom. The summed E-state index contributed by atoms with van der Waals surface area (Å²) in [6.45, 7) is -0.894. The van der Waals surface area contributed by atoms with Crippen molar-refractivity contribution in [3.63, 3.8) is 0 Å². The van der Waals surface area contributed by atoms with Crippen LogP contribution in [0, 0.1) is 0 Å². The highest BCUT2D eigenvalue weighted by Gasteiger charge is 2.43. The largest absolute Gasteiger partial charge is 0.417 e. The van der Waals surface area contributed by atoms with Crippen molar-refractivity contribution >= 4 is 17.5 Å². The van der Waals surface area contributed by atoms with E-state index < -0.39 is 53.3 Å². The maximum atomic E-state index is 13.5. The van der Waals surface area contributed by atoms with Gasteiger partial charge in [-0.1, -0.05) is 17.7 Å². The van der Waals surface area contributed by atoms with Gasteiger partial charge in [-0.25, -0.2) is 18.3 Å². The molecule has 0 bridgehead atoms. The summed E-state index contributed by atoms with van der Waals surface area (Å²) in [5.41, 5.74) is -1.27. The first-order chi connectivity index (χ1) is 14.5. The molecule has 1 atom stereocenters. The number of carbonyl (C=O) groups excluding carboxylic acids is 1. The van der Waals surface area contributed by atoms with Crippen LogP contribution in [0.3, 0.4) is 0 Å². The van der Waals surface area contributed by atoms with Gasteiger partial charge in [0.15, 0.2) is 0 Å². The molecule has 0 aliphatic carbocycles. The van der Waals surface area contributed by atoms with Crippen LogP contribution in [-0.2, 0) is 23.9 Å². The molecule has 3 heterocycles. The van der Waals surface area contributed by atoms with Gasteiger partial charge in [-0.05, 0) is 30.5 Å². The number of hydrogen-bond donors (Lipinski definition) is 0. The second kappa shape index (κ2) is 7.61. The van der Waals surface area contributed by atoms with Gasteiger partial charge in [0.2, 0.25) is 5.91 Å². The summed E-state index contributed by atoms with van der Waals surface area (Å²) in [4.78, 5) is 26.8. The van der Waals surface area contributed by atoms with Crippen molar-refractivity contribution < 1.29 is 26.7 Å². The number of aryl methyl sites for hydroxylation is 1. The van der Waals surface area contributed by atoms with E-state index in [-0.39, 0.29) is 13.1 Å². The first-order valence-electron chi connectivity index (χ1n) is 9.67. The maximum absolute atomic E-state index is 13.5. The minimum atomic E-state index is -4.60. The number of benzene rings is 1. The van der Waals surface area contributed by atoms with Crippen LogP contribution in [-0.4, -0.2) is 44.2 Å². The second-order valence-corrected chi connectivity index (χ2v) is 8.22. The molecule has 4 rings (SSSR count). The van der Waals surface area contributed by atoms with Crippen LogP contribution in [0.1, 0.15) is 42.3 Å². The van der Waals surface area contributed by atoms with E-state index in [0.717, 1.165) is 21.7 Å². The Bertz CT molecular complexity index is 1080. The van der Waals surface area contributed by atoms with Gasteiger partial charge in [0, 0.05) is 19.4 Å². The number of hydrogen-bond acceptors (Lipinski definition) is 3. The number of halogens is 6. The van der Waals surface area contributed by atoms with E-state index in [4.69, 9.17) is 11.6 Å². The lowest BCUT2D eigenvalue weighted by Crippen LogP contribution is -2.42. The van der Waals surface area contributed by atoms with Gasteiger partial charge in [-0.2, -0.15) is 18.3 Å². The molecular formula is C19H18ClF5N4O2. The second-order valence-electron chi connectivity index (χ2n) is 7.81. The molecule has 12 heteroatoms. The number of rotatable bonds is 3. The van der Waals surface area contributed by atoms with Crippen molar-refractivity contribution in [2.24, 2.45) is 0 Å². The van der Waals surface area contributed by atoms with Crippen molar-refractivity contribution in [3.8, 4) is 0 Å². The number of alkyl halides is 5. The number of amides is 1. The molecule has 168 valence electrons. The highest BCUT2D eigenvalue weighted by Crippen LogP contribution is 2.35. The van der Waals surface area contributed by atoms with Crippen LogP contribution in [0.15, 0.2) is 23.0 Å². The lowest BCUT2D eigenvalue weighted by molar-refractivity contribution is -0.137. The Morgan fingerprint density at radius 3 is 2.65 bits per heavy atom. The van der Waals surface area contributed by atoms with E-state index >= 15 is 0 Å². The minimum absolute atomic E-state index is 0.0788. The fraction of sp³-hybridized carbons (Fsp3) is 0.526. The van der Waals surface area contributed by atoms with Crippen LogP contribution in [0.2, 0.25) is 5.02 Å². The fourth-order valence-corrected chi connectivity index (χ4v) is 4.37. The van der Waals surface area contributed by atoms with E-state index in [1.807, 2.05) is 0 Å². The molecule has 0 radical (unpaired) electrons. The van der Waals surface area contributed by atoms with Crippen molar-refractivity contribution in [1.82, 2.24) is 19.2 Å². The van der Waals surface area contributed by atoms with Crippen LogP contribution in [0.5, 0.6) is 0 Å². The average Bonchev–Trinajstić information content (AvgIpc) is 3.19. The maximum Gasteiger partial charge on any atom is 0.417 e. The summed E-state index contributed by atoms with van der Waals surface area (Å²) in [5, 5.41) is 3.72. The molecule has 31 heavy (non-hydrogen) atoms. The first-order valence-corrected chi connectivity index (χ1v) is 10.0. The molecule has 1 aromatic heterocycles. The summed E-state index contributed by atoms with van der Waals surface area (Å²) in [7, 11) is 0. The molecule has 0 spiro atoms. The molecule has 1 fully saturated rings. The van der Waals surface area contributed by atoms with Crippen LogP contribution >= 0.6 is 11.6 Å². The highest BCUT2D eigenvalue weighted by atomic mass is 35.5. The Hall–Kier alpha value is -2.43.